The van der Waals surface area contributed by atoms with Crippen molar-refractivity contribution in [2.75, 3.05) is 40.4 Å². The molecule has 7 heteroatoms. The molecule has 1 aliphatic heterocycles. The Balaban J connectivity index is 1.67. The van der Waals surface area contributed by atoms with Gasteiger partial charge in [0.15, 0.2) is 11.5 Å². The van der Waals surface area contributed by atoms with Crippen molar-refractivity contribution in [1.82, 2.24) is 9.80 Å². The van der Waals surface area contributed by atoms with E-state index in [2.05, 4.69) is 6.07 Å². The van der Waals surface area contributed by atoms with Crippen molar-refractivity contribution in [3.8, 4) is 17.6 Å². The van der Waals surface area contributed by atoms with Gasteiger partial charge >= 0.3 is 0 Å². The number of carbonyl (C=O) groups is 1. The van der Waals surface area contributed by atoms with E-state index in [0.29, 0.717) is 43.2 Å². The minimum atomic E-state index is -0.459. The van der Waals surface area contributed by atoms with Crippen LogP contribution in [0.2, 0.25) is 0 Å². The second-order valence-electron chi connectivity index (χ2n) is 6.48. The van der Waals surface area contributed by atoms with Gasteiger partial charge in [0.1, 0.15) is 11.9 Å². The third-order valence-electron chi connectivity index (χ3n) is 4.91. The number of hydrogen-bond donors (Lipinski definition) is 0. The van der Waals surface area contributed by atoms with E-state index in [4.69, 9.17) is 9.47 Å². The first-order valence-corrected chi connectivity index (χ1v) is 8.97. The predicted octanol–water partition coefficient (Wildman–Crippen LogP) is 2.87. The number of carbonyl (C=O) groups excluding carboxylic acids is 1. The lowest BCUT2D eigenvalue weighted by Gasteiger charge is -2.37. The van der Waals surface area contributed by atoms with Gasteiger partial charge in [-0.3, -0.25) is 9.69 Å². The third-order valence-corrected chi connectivity index (χ3v) is 4.91. The van der Waals surface area contributed by atoms with Crippen LogP contribution < -0.4 is 9.47 Å². The molecule has 1 heterocycles. The molecule has 1 saturated heterocycles. The Hall–Kier alpha value is -3.11. The van der Waals surface area contributed by atoms with Crippen molar-refractivity contribution in [3.05, 3.63) is 59.4 Å². The molecule has 0 bridgehead atoms. The molecule has 1 aliphatic rings. The Labute approximate surface area is 163 Å². The van der Waals surface area contributed by atoms with Crippen molar-refractivity contribution >= 4 is 5.91 Å². The monoisotopic (exact) mass is 383 g/mol. The van der Waals surface area contributed by atoms with E-state index in [-0.39, 0.29) is 11.7 Å². The van der Waals surface area contributed by atoms with Gasteiger partial charge in [-0.15, -0.1) is 0 Å². The summed E-state index contributed by atoms with van der Waals surface area (Å²) in [5.74, 6) is 0.662. The number of benzene rings is 2. The molecule has 146 valence electrons. The normalized spacial score (nSPS) is 15.6. The molecule has 0 aliphatic carbocycles. The molecule has 0 radical (unpaired) electrons. The fraction of sp³-hybridized carbons (Fsp3) is 0.333. The van der Waals surface area contributed by atoms with Crippen LogP contribution in [-0.4, -0.2) is 56.1 Å². The molecule has 1 amide bonds. The molecule has 2 aromatic carbocycles. The lowest BCUT2D eigenvalue weighted by Crippen LogP contribution is -2.49. The van der Waals surface area contributed by atoms with Gasteiger partial charge in [-0.25, -0.2) is 4.39 Å². The van der Waals surface area contributed by atoms with Crippen LogP contribution in [0.4, 0.5) is 4.39 Å². The van der Waals surface area contributed by atoms with Crippen molar-refractivity contribution < 1.29 is 18.7 Å². The number of amides is 1. The Morgan fingerprint density at radius 3 is 2.25 bits per heavy atom. The topological polar surface area (TPSA) is 65.8 Å². The number of piperazine rings is 1. The first-order valence-electron chi connectivity index (χ1n) is 8.97. The van der Waals surface area contributed by atoms with Gasteiger partial charge in [-0.05, 0) is 35.9 Å². The van der Waals surface area contributed by atoms with Crippen LogP contribution in [0.25, 0.3) is 0 Å². The van der Waals surface area contributed by atoms with E-state index in [9.17, 15) is 14.4 Å². The minimum Gasteiger partial charge on any atom is -0.493 e. The summed E-state index contributed by atoms with van der Waals surface area (Å²) in [7, 11) is 3.08. The van der Waals surface area contributed by atoms with Crippen LogP contribution in [0, 0.1) is 17.1 Å². The largest absolute Gasteiger partial charge is 0.493 e. The molecule has 28 heavy (non-hydrogen) atoms. The summed E-state index contributed by atoms with van der Waals surface area (Å²) in [6, 6.07) is 12.9. The van der Waals surface area contributed by atoms with Gasteiger partial charge in [0, 0.05) is 31.7 Å². The van der Waals surface area contributed by atoms with Crippen molar-refractivity contribution in [2.24, 2.45) is 0 Å². The number of methoxy groups -OCH3 is 2. The maximum absolute atomic E-state index is 13.1. The smallest absolute Gasteiger partial charge is 0.254 e. The Morgan fingerprint density at radius 1 is 1.04 bits per heavy atom. The van der Waals surface area contributed by atoms with Crippen LogP contribution in [0.1, 0.15) is 22.0 Å². The van der Waals surface area contributed by atoms with Crippen molar-refractivity contribution in [3.63, 3.8) is 0 Å². The number of rotatable bonds is 5. The Morgan fingerprint density at radius 2 is 1.68 bits per heavy atom. The second kappa shape index (κ2) is 8.72. The van der Waals surface area contributed by atoms with Gasteiger partial charge in [0.25, 0.3) is 5.91 Å². The van der Waals surface area contributed by atoms with E-state index in [1.165, 1.54) is 19.2 Å². The fourth-order valence-corrected chi connectivity index (χ4v) is 3.35. The standard InChI is InChI=1S/C21H22FN3O3/c1-27-19-8-5-16(13-20(19)28-2)21(26)25-11-9-24(10-12-25)18(14-23)15-3-6-17(22)7-4-15/h3-8,13,18H,9-12H2,1-2H3/t18-/m0/s1. The maximum Gasteiger partial charge on any atom is 0.254 e. The highest BCUT2D eigenvalue weighted by atomic mass is 19.1. The molecular weight excluding hydrogens is 361 g/mol. The van der Waals surface area contributed by atoms with Gasteiger partial charge < -0.3 is 14.4 Å². The summed E-state index contributed by atoms with van der Waals surface area (Å²) in [5, 5.41) is 9.57. The average Bonchev–Trinajstić information content (AvgIpc) is 2.75. The summed E-state index contributed by atoms with van der Waals surface area (Å²) in [4.78, 5) is 16.6. The molecule has 0 N–H and O–H groups in total. The highest BCUT2D eigenvalue weighted by Gasteiger charge is 2.28. The summed E-state index contributed by atoms with van der Waals surface area (Å²) >= 11 is 0. The van der Waals surface area contributed by atoms with Gasteiger partial charge in [-0.2, -0.15) is 5.26 Å². The molecule has 6 nitrogen and oxygen atoms in total. The van der Waals surface area contributed by atoms with Gasteiger partial charge in [0.05, 0.1) is 20.3 Å². The van der Waals surface area contributed by atoms with Crippen LogP contribution in [0.5, 0.6) is 11.5 Å². The van der Waals surface area contributed by atoms with Gasteiger partial charge in [-0.1, -0.05) is 12.1 Å². The first-order chi connectivity index (χ1) is 13.6. The van der Waals surface area contributed by atoms with Crippen molar-refractivity contribution in [2.45, 2.75) is 6.04 Å². The molecule has 0 unspecified atom stereocenters. The summed E-state index contributed by atoms with van der Waals surface area (Å²) in [5.41, 5.74) is 1.28. The Kier molecular flexibility index (Phi) is 6.12. The zero-order chi connectivity index (χ0) is 20.1. The van der Waals surface area contributed by atoms with E-state index < -0.39 is 6.04 Å². The van der Waals surface area contributed by atoms with E-state index >= 15 is 0 Å². The highest BCUT2D eigenvalue weighted by molar-refractivity contribution is 5.95. The second-order valence-corrected chi connectivity index (χ2v) is 6.48. The molecule has 1 fully saturated rings. The van der Waals surface area contributed by atoms with E-state index in [1.54, 1.807) is 42.3 Å². The molecule has 0 saturated carbocycles. The quantitative estimate of drug-likeness (QED) is 0.794. The zero-order valence-corrected chi connectivity index (χ0v) is 15.9. The van der Waals surface area contributed by atoms with Crippen molar-refractivity contribution in [1.29, 1.82) is 5.26 Å². The van der Waals surface area contributed by atoms with E-state index in [1.807, 2.05) is 4.90 Å². The molecule has 0 spiro atoms. The fourth-order valence-electron chi connectivity index (χ4n) is 3.35. The van der Waals surface area contributed by atoms with Crippen LogP contribution >= 0.6 is 0 Å². The number of ether oxygens (including phenoxy) is 2. The minimum absolute atomic E-state index is 0.0871. The van der Waals surface area contributed by atoms with Crippen LogP contribution in [-0.2, 0) is 0 Å². The number of hydrogen-bond acceptors (Lipinski definition) is 5. The van der Waals surface area contributed by atoms with Gasteiger partial charge in [0.2, 0.25) is 0 Å². The maximum atomic E-state index is 13.1. The summed E-state index contributed by atoms with van der Waals surface area (Å²) < 4.78 is 23.6. The van der Waals surface area contributed by atoms with E-state index in [0.717, 1.165) is 5.56 Å². The highest BCUT2D eigenvalue weighted by Crippen LogP contribution is 2.28. The number of halogens is 1. The lowest BCUT2D eigenvalue weighted by atomic mass is 10.1. The molecule has 3 rings (SSSR count). The van der Waals surface area contributed by atoms with Crippen LogP contribution in [0.15, 0.2) is 42.5 Å². The molecule has 0 aromatic heterocycles. The lowest BCUT2D eigenvalue weighted by molar-refractivity contribution is 0.0606. The first kappa shape index (κ1) is 19.6. The third kappa shape index (κ3) is 4.07. The average molecular weight is 383 g/mol. The summed E-state index contributed by atoms with van der Waals surface area (Å²) in [6.45, 7) is 2.14. The zero-order valence-electron chi connectivity index (χ0n) is 15.9. The predicted molar refractivity (Wildman–Crippen MR) is 102 cm³/mol. The Bertz CT molecular complexity index is 871. The molecule has 1 atom stereocenters. The number of nitriles is 1. The SMILES string of the molecule is COc1ccc(C(=O)N2CCN([C@@H](C#N)c3ccc(F)cc3)CC2)cc1OC. The molecule has 2 aromatic rings. The number of nitrogens with zero attached hydrogens (tertiary/aromatic N) is 3. The van der Waals surface area contributed by atoms with Crippen LogP contribution in [0.3, 0.4) is 0 Å². The summed E-state index contributed by atoms with van der Waals surface area (Å²) in [6.07, 6.45) is 0. The molecular formula is C21H22FN3O3.